The zero-order valence-electron chi connectivity index (χ0n) is 15.2. The third-order valence-corrected chi connectivity index (χ3v) is 6.66. The van der Waals surface area contributed by atoms with Crippen molar-refractivity contribution in [2.75, 3.05) is 46.4 Å². The van der Waals surface area contributed by atoms with Crippen LogP contribution in [0.2, 0.25) is 0 Å². The molecule has 2 aliphatic rings. The summed E-state index contributed by atoms with van der Waals surface area (Å²) in [5.74, 6) is 0.930. The van der Waals surface area contributed by atoms with Crippen LogP contribution in [-0.2, 0) is 6.42 Å². The Bertz CT molecular complexity index is 759. The Balaban J connectivity index is 1.66. The van der Waals surface area contributed by atoms with Crippen molar-refractivity contribution >= 4 is 11.8 Å². The molecule has 2 heterocycles. The van der Waals surface area contributed by atoms with Gasteiger partial charge in [0.1, 0.15) is 5.75 Å². The molecule has 2 aromatic rings. The van der Waals surface area contributed by atoms with E-state index in [0.717, 1.165) is 44.9 Å². The monoisotopic (exact) mass is 370 g/mol. The lowest BCUT2D eigenvalue weighted by Crippen LogP contribution is -2.48. The number of benzene rings is 2. The van der Waals surface area contributed by atoms with Crippen molar-refractivity contribution in [3.05, 3.63) is 53.6 Å². The van der Waals surface area contributed by atoms with Gasteiger partial charge in [-0.1, -0.05) is 30.0 Å². The molecule has 1 atom stereocenters. The van der Waals surface area contributed by atoms with Crippen molar-refractivity contribution in [3.63, 3.8) is 0 Å². The van der Waals surface area contributed by atoms with E-state index in [0.29, 0.717) is 6.04 Å². The highest BCUT2D eigenvalue weighted by molar-refractivity contribution is 7.99. The molecule has 138 valence electrons. The van der Waals surface area contributed by atoms with Gasteiger partial charge in [0.05, 0.1) is 13.7 Å². The number of piperazine rings is 1. The normalized spacial score (nSPS) is 20.9. The molecule has 1 N–H and O–H groups in total. The van der Waals surface area contributed by atoms with E-state index in [2.05, 4.69) is 52.3 Å². The fraction of sp³-hybridized carbons (Fsp3) is 0.429. The van der Waals surface area contributed by atoms with Gasteiger partial charge in [0.25, 0.3) is 0 Å². The number of fused-ring (bicyclic) bond motifs is 2. The molecule has 1 unspecified atom stereocenters. The summed E-state index contributed by atoms with van der Waals surface area (Å²) in [7, 11) is 1.74. The first-order valence-corrected chi connectivity index (χ1v) is 10.1. The number of nitrogens with zero attached hydrogens (tertiary/aromatic N) is 2. The van der Waals surface area contributed by atoms with Crippen molar-refractivity contribution in [1.29, 1.82) is 0 Å². The summed E-state index contributed by atoms with van der Waals surface area (Å²) < 4.78 is 5.52. The average Bonchev–Trinajstić information content (AvgIpc) is 2.85. The smallest absolute Gasteiger partial charge is 0.119 e. The molecule has 4 rings (SSSR count). The van der Waals surface area contributed by atoms with E-state index in [1.807, 2.05) is 11.8 Å². The molecule has 0 amide bonds. The summed E-state index contributed by atoms with van der Waals surface area (Å²) in [6, 6.07) is 15.6. The van der Waals surface area contributed by atoms with Gasteiger partial charge in [-0.25, -0.2) is 0 Å². The van der Waals surface area contributed by atoms with E-state index in [4.69, 9.17) is 4.74 Å². The first-order chi connectivity index (χ1) is 12.8. The van der Waals surface area contributed by atoms with E-state index in [1.54, 1.807) is 7.11 Å². The van der Waals surface area contributed by atoms with Crippen molar-refractivity contribution < 1.29 is 9.84 Å². The molecule has 0 aromatic heterocycles. The van der Waals surface area contributed by atoms with Gasteiger partial charge in [-0.3, -0.25) is 9.80 Å². The van der Waals surface area contributed by atoms with Gasteiger partial charge >= 0.3 is 0 Å². The van der Waals surface area contributed by atoms with Gasteiger partial charge in [0.2, 0.25) is 0 Å². The molecule has 0 bridgehead atoms. The molecular weight excluding hydrogens is 344 g/mol. The van der Waals surface area contributed by atoms with Crippen LogP contribution in [0.4, 0.5) is 0 Å². The van der Waals surface area contributed by atoms with Gasteiger partial charge in [0, 0.05) is 48.6 Å². The number of aliphatic hydroxyl groups is 1. The third kappa shape index (κ3) is 3.62. The molecule has 0 spiro atoms. The lowest BCUT2D eigenvalue weighted by molar-refractivity contribution is 0.0822. The van der Waals surface area contributed by atoms with Gasteiger partial charge < -0.3 is 9.84 Å². The second-order valence-electron chi connectivity index (χ2n) is 6.93. The Morgan fingerprint density at radius 2 is 1.88 bits per heavy atom. The minimum Gasteiger partial charge on any atom is -0.497 e. The van der Waals surface area contributed by atoms with E-state index < -0.39 is 0 Å². The SMILES string of the molecule is COc1ccc2c(c1)C(N1CCN(CCO)CC1)Cc1ccccc1S2. The second kappa shape index (κ2) is 8.01. The van der Waals surface area contributed by atoms with Gasteiger partial charge in [0.15, 0.2) is 0 Å². The number of rotatable bonds is 4. The minimum atomic E-state index is 0.244. The van der Waals surface area contributed by atoms with E-state index in [1.165, 1.54) is 20.9 Å². The summed E-state index contributed by atoms with van der Waals surface area (Å²) in [6.07, 6.45) is 1.03. The summed E-state index contributed by atoms with van der Waals surface area (Å²) >= 11 is 1.87. The molecular formula is C21H26N2O2S. The zero-order valence-corrected chi connectivity index (χ0v) is 16.0. The molecule has 0 aliphatic carbocycles. The highest BCUT2D eigenvalue weighted by Gasteiger charge is 2.30. The molecule has 2 aromatic carbocycles. The van der Waals surface area contributed by atoms with Crippen molar-refractivity contribution in [1.82, 2.24) is 9.80 Å². The van der Waals surface area contributed by atoms with Crippen LogP contribution in [0.25, 0.3) is 0 Å². The van der Waals surface area contributed by atoms with E-state index in [9.17, 15) is 5.11 Å². The predicted molar refractivity (Wildman–Crippen MR) is 105 cm³/mol. The lowest BCUT2D eigenvalue weighted by Gasteiger charge is -2.39. The van der Waals surface area contributed by atoms with Crippen LogP contribution in [0.3, 0.4) is 0 Å². The Labute approximate surface area is 159 Å². The highest BCUT2D eigenvalue weighted by atomic mass is 32.2. The van der Waals surface area contributed by atoms with Crippen molar-refractivity contribution in [3.8, 4) is 5.75 Å². The number of ether oxygens (including phenoxy) is 1. The number of hydrogen-bond donors (Lipinski definition) is 1. The summed E-state index contributed by atoms with van der Waals surface area (Å²) in [6.45, 7) is 5.13. The number of β-amino-alcohol motifs (C(OH)–C–C–N with tert-alkyl or cyclic N) is 1. The summed E-state index contributed by atoms with van der Waals surface area (Å²) in [4.78, 5) is 7.65. The summed E-state index contributed by atoms with van der Waals surface area (Å²) in [5, 5.41) is 9.20. The largest absolute Gasteiger partial charge is 0.497 e. The minimum absolute atomic E-state index is 0.244. The average molecular weight is 371 g/mol. The Hall–Kier alpha value is -1.53. The maximum atomic E-state index is 9.20. The number of hydrogen-bond acceptors (Lipinski definition) is 5. The molecule has 1 fully saturated rings. The van der Waals surface area contributed by atoms with Crippen LogP contribution in [0.15, 0.2) is 52.3 Å². The number of methoxy groups -OCH3 is 1. The van der Waals surface area contributed by atoms with Crippen LogP contribution in [0.5, 0.6) is 5.75 Å². The van der Waals surface area contributed by atoms with Crippen LogP contribution in [-0.4, -0.2) is 61.3 Å². The molecule has 2 aliphatic heterocycles. The van der Waals surface area contributed by atoms with E-state index in [-0.39, 0.29) is 6.61 Å². The molecule has 0 radical (unpaired) electrons. The van der Waals surface area contributed by atoms with Crippen LogP contribution in [0, 0.1) is 0 Å². The Morgan fingerprint density at radius 1 is 1.08 bits per heavy atom. The van der Waals surface area contributed by atoms with Gasteiger partial charge in [-0.2, -0.15) is 0 Å². The lowest BCUT2D eigenvalue weighted by atomic mass is 9.96. The highest BCUT2D eigenvalue weighted by Crippen LogP contribution is 2.44. The maximum Gasteiger partial charge on any atom is 0.119 e. The standard InChI is InChI=1S/C21H26N2O2S/c1-25-17-6-7-21-18(15-17)19(14-16-4-2-3-5-20(16)26-21)23-10-8-22(9-11-23)12-13-24/h2-7,15,19,24H,8-14H2,1H3. The van der Waals surface area contributed by atoms with Gasteiger partial charge in [-0.15, -0.1) is 0 Å². The first-order valence-electron chi connectivity index (χ1n) is 9.29. The Kier molecular flexibility index (Phi) is 5.50. The third-order valence-electron chi connectivity index (χ3n) is 5.45. The second-order valence-corrected chi connectivity index (χ2v) is 8.02. The molecule has 1 saturated heterocycles. The number of aliphatic hydroxyl groups excluding tert-OH is 1. The maximum absolute atomic E-state index is 9.20. The van der Waals surface area contributed by atoms with Crippen LogP contribution in [0.1, 0.15) is 17.2 Å². The quantitative estimate of drug-likeness (QED) is 0.895. The predicted octanol–water partition coefficient (Wildman–Crippen LogP) is 3.05. The van der Waals surface area contributed by atoms with Crippen LogP contribution < -0.4 is 4.74 Å². The fourth-order valence-corrected chi connectivity index (χ4v) is 5.10. The first kappa shape index (κ1) is 17.9. The van der Waals surface area contributed by atoms with Crippen molar-refractivity contribution in [2.45, 2.75) is 22.3 Å². The van der Waals surface area contributed by atoms with Crippen LogP contribution >= 0.6 is 11.8 Å². The topological polar surface area (TPSA) is 35.9 Å². The molecule has 0 saturated carbocycles. The summed E-state index contributed by atoms with van der Waals surface area (Å²) in [5.41, 5.74) is 2.80. The zero-order chi connectivity index (χ0) is 17.9. The molecule has 4 nitrogen and oxygen atoms in total. The molecule has 26 heavy (non-hydrogen) atoms. The Morgan fingerprint density at radius 3 is 2.65 bits per heavy atom. The van der Waals surface area contributed by atoms with Crippen molar-refractivity contribution in [2.24, 2.45) is 0 Å². The fourth-order valence-electron chi connectivity index (χ4n) is 3.98. The van der Waals surface area contributed by atoms with E-state index >= 15 is 0 Å². The molecule has 5 heteroatoms. The van der Waals surface area contributed by atoms with Gasteiger partial charge in [-0.05, 0) is 41.8 Å².